The van der Waals surface area contributed by atoms with Crippen LogP contribution in [0.2, 0.25) is 0 Å². The summed E-state index contributed by atoms with van der Waals surface area (Å²) in [6.07, 6.45) is -4.44. The molecule has 2 aromatic carbocycles. The van der Waals surface area contributed by atoms with E-state index in [1.165, 1.54) is 12.1 Å². The van der Waals surface area contributed by atoms with E-state index in [2.05, 4.69) is 0 Å². The lowest BCUT2D eigenvalue weighted by Gasteiger charge is -2.14. The predicted molar refractivity (Wildman–Crippen MR) is 63.8 cm³/mol. The minimum absolute atomic E-state index is 0.155. The molecule has 1 atom stereocenters. The lowest BCUT2D eigenvalue weighted by molar-refractivity contribution is -0.137. The van der Waals surface area contributed by atoms with Gasteiger partial charge in [-0.15, -0.1) is 0 Å². The van der Waals surface area contributed by atoms with Gasteiger partial charge in [-0.1, -0.05) is 12.1 Å². The Labute approximate surface area is 111 Å². The Morgan fingerprint density at radius 3 is 1.75 bits per heavy atom. The van der Waals surface area contributed by atoms with E-state index in [-0.39, 0.29) is 5.56 Å². The van der Waals surface area contributed by atoms with Crippen molar-refractivity contribution in [2.45, 2.75) is 12.2 Å². The minimum Gasteiger partial charge on any atom is -0.320 e. The van der Waals surface area contributed by atoms with Crippen LogP contribution >= 0.6 is 0 Å². The van der Waals surface area contributed by atoms with E-state index in [4.69, 9.17) is 5.73 Å². The minimum atomic E-state index is -4.44. The SMILES string of the molecule is NC(c1ccc(C(F)(F)F)cc1)c1cc(F)cc(F)c1. The zero-order valence-electron chi connectivity index (χ0n) is 10.1. The number of nitrogens with two attached hydrogens (primary N) is 1. The van der Waals surface area contributed by atoms with Crippen molar-refractivity contribution in [1.82, 2.24) is 0 Å². The molecule has 1 unspecified atom stereocenters. The van der Waals surface area contributed by atoms with Crippen LogP contribution in [0.4, 0.5) is 22.0 Å². The predicted octanol–water partition coefficient (Wildman–Crippen LogP) is 4.03. The van der Waals surface area contributed by atoms with Gasteiger partial charge in [0.1, 0.15) is 11.6 Å². The second-order valence-electron chi connectivity index (χ2n) is 4.30. The molecule has 2 aromatic rings. The molecule has 6 heteroatoms. The van der Waals surface area contributed by atoms with Gasteiger partial charge in [-0.05, 0) is 35.4 Å². The van der Waals surface area contributed by atoms with Crippen LogP contribution in [0, 0.1) is 11.6 Å². The fourth-order valence-electron chi connectivity index (χ4n) is 1.83. The van der Waals surface area contributed by atoms with Crippen molar-refractivity contribution in [3.8, 4) is 0 Å². The molecule has 0 saturated heterocycles. The van der Waals surface area contributed by atoms with Gasteiger partial charge in [-0.2, -0.15) is 13.2 Å². The largest absolute Gasteiger partial charge is 0.416 e. The van der Waals surface area contributed by atoms with Crippen molar-refractivity contribution >= 4 is 0 Å². The number of halogens is 5. The van der Waals surface area contributed by atoms with Crippen LogP contribution in [0.15, 0.2) is 42.5 Å². The van der Waals surface area contributed by atoms with E-state index in [0.717, 1.165) is 24.3 Å². The van der Waals surface area contributed by atoms with Crippen LogP contribution in [0.3, 0.4) is 0 Å². The molecule has 0 aliphatic heterocycles. The highest BCUT2D eigenvalue weighted by molar-refractivity contribution is 5.34. The first kappa shape index (κ1) is 14.5. The van der Waals surface area contributed by atoms with Crippen molar-refractivity contribution in [3.05, 3.63) is 70.8 Å². The number of benzene rings is 2. The first-order chi connectivity index (χ1) is 9.27. The molecule has 2 N–H and O–H groups in total. The molecular weight excluding hydrogens is 277 g/mol. The first-order valence-electron chi connectivity index (χ1n) is 5.66. The maximum Gasteiger partial charge on any atom is 0.416 e. The quantitative estimate of drug-likeness (QED) is 0.829. The topological polar surface area (TPSA) is 26.0 Å². The van der Waals surface area contributed by atoms with Gasteiger partial charge < -0.3 is 5.73 Å². The maximum atomic E-state index is 13.1. The molecule has 20 heavy (non-hydrogen) atoms. The van der Waals surface area contributed by atoms with E-state index in [1.807, 2.05) is 0 Å². The zero-order chi connectivity index (χ0) is 14.9. The molecule has 0 amide bonds. The Kier molecular flexibility index (Phi) is 3.76. The normalized spacial score (nSPS) is 13.3. The van der Waals surface area contributed by atoms with Crippen molar-refractivity contribution in [2.75, 3.05) is 0 Å². The van der Waals surface area contributed by atoms with Crippen LogP contribution < -0.4 is 5.73 Å². The van der Waals surface area contributed by atoms with Gasteiger partial charge in [0, 0.05) is 6.07 Å². The Morgan fingerprint density at radius 1 is 0.800 bits per heavy atom. The molecule has 0 aliphatic carbocycles. The van der Waals surface area contributed by atoms with E-state index in [1.54, 1.807) is 0 Å². The van der Waals surface area contributed by atoms with Crippen molar-refractivity contribution in [1.29, 1.82) is 0 Å². The molecule has 0 bridgehead atoms. The second kappa shape index (κ2) is 5.20. The summed E-state index contributed by atoms with van der Waals surface area (Å²) >= 11 is 0. The van der Waals surface area contributed by atoms with Crippen molar-refractivity contribution in [3.63, 3.8) is 0 Å². The molecule has 0 aromatic heterocycles. The summed E-state index contributed by atoms with van der Waals surface area (Å²) in [5.74, 6) is -1.58. The lowest BCUT2D eigenvalue weighted by atomic mass is 9.98. The third-order valence-corrected chi connectivity index (χ3v) is 2.84. The second-order valence-corrected chi connectivity index (χ2v) is 4.30. The van der Waals surface area contributed by atoms with Crippen LogP contribution in [-0.2, 0) is 6.18 Å². The van der Waals surface area contributed by atoms with Crippen LogP contribution in [0.25, 0.3) is 0 Å². The highest BCUT2D eigenvalue weighted by Crippen LogP contribution is 2.30. The Morgan fingerprint density at radius 2 is 1.30 bits per heavy atom. The molecule has 0 spiro atoms. The van der Waals surface area contributed by atoms with Gasteiger partial charge in [-0.25, -0.2) is 8.78 Å². The zero-order valence-corrected chi connectivity index (χ0v) is 10.1. The van der Waals surface area contributed by atoms with Gasteiger partial charge >= 0.3 is 6.18 Å². The van der Waals surface area contributed by atoms with Crippen molar-refractivity contribution in [2.24, 2.45) is 5.73 Å². The number of hydrogen-bond acceptors (Lipinski definition) is 1. The summed E-state index contributed by atoms with van der Waals surface area (Å²) in [6, 6.07) is 6.03. The number of hydrogen-bond donors (Lipinski definition) is 1. The van der Waals surface area contributed by atoms with Crippen LogP contribution in [0.5, 0.6) is 0 Å². The summed E-state index contributed by atoms with van der Waals surface area (Å²) < 4.78 is 63.4. The summed E-state index contributed by atoms with van der Waals surface area (Å²) in [4.78, 5) is 0. The van der Waals surface area contributed by atoms with E-state index in [9.17, 15) is 22.0 Å². The molecule has 106 valence electrons. The Bertz CT molecular complexity index is 584. The van der Waals surface area contributed by atoms with E-state index in [0.29, 0.717) is 11.6 Å². The molecule has 0 fully saturated rings. The molecule has 0 heterocycles. The monoisotopic (exact) mass is 287 g/mol. The number of rotatable bonds is 2. The fourth-order valence-corrected chi connectivity index (χ4v) is 1.83. The average molecular weight is 287 g/mol. The van der Waals surface area contributed by atoms with Crippen molar-refractivity contribution < 1.29 is 22.0 Å². The summed E-state index contributed by atoms with van der Waals surface area (Å²) in [5, 5.41) is 0. The first-order valence-corrected chi connectivity index (χ1v) is 5.66. The third-order valence-electron chi connectivity index (χ3n) is 2.84. The smallest absolute Gasteiger partial charge is 0.320 e. The third kappa shape index (κ3) is 3.14. The van der Waals surface area contributed by atoms with Gasteiger partial charge in [0.25, 0.3) is 0 Å². The maximum absolute atomic E-state index is 13.1. The van der Waals surface area contributed by atoms with E-state index >= 15 is 0 Å². The van der Waals surface area contributed by atoms with Gasteiger partial charge in [0.2, 0.25) is 0 Å². The Hall–Kier alpha value is -1.95. The molecular formula is C14H10F5N. The summed E-state index contributed by atoms with van der Waals surface area (Å²) in [5.41, 5.74) is 5.48. The molecule has 2 rings (SSSR count). The fraction of sp³-hybridized carbons (Fsp3) is 0.143. The summed E-state index contributed by atoms with van der Waals surface area (Å²) in [7, 11) is 0. The Balaban J connectivity index is 2.31. The highest BCUT2D eigenvalue weighted by atomic mass is 19.4. The summed E-state index contributed by atoms with van der Waals surface area (Å²) in [6.45, 7) is 0. The standard InChI is InChI=1S/C14H10F5N/c15-11-5-9(6-12(16)7-11)13(20)8-1-3-10(4-2-8)14(17,18)19/h1-7,13H,20H2. The van der Waals surface area contributed by atoms with E-state index < -0.39 is 29.4 Å². The highest BCUT2D eigenvalue weighted by Gasteiger charge is 2.30. The molecule has 0 radical (unpaired) electrons. The van der Waals surface area contributed by atoms with Crippen LogP contribution in [-0.4, -0.2) is 0 Å². The molecule has 0 aliphatic rings. The average Bonchev–Trinajstić information content (AvgIpc) is 2.36. The van der Waals surface area contributed by atoms with Gasteiger partial charge in [0.05, 0.1) is 11.6 Å². The lowest BCUT2D eigenvalue weighted by Crippen LogP contribution is -2.13. The molecule has 0 saturated carbocycles. The molecule has 1 nitrogen and oxygen atoms in total. The van der Waals surface area contributed by atoms with Crippen LogP contribution in [0.1, 0.15) is 22.7 Å². The van der Waals surface area contributed by atoms with Gasteiger partial charge in [-0.3, -0.25) is 0 Å². The van der Waals surface area contributed by atoms with Gasteiger partial charge in [0.15, 0.2) is 0 Å². The number of alkyl halides is 3.